The fraction of sp³-hybridized carbons (Fsp3) is 0.714. The Morgan fingerprint density at radius 3 is 2.91 bits per heavy atom. The van der Waals surface area contributed by atoms with Crippen molar-refractivity contribution in [2.75, 3.05) is 13.1 Å². The quantitative estimate of drug-likeness (QED) is 0.418. The molecule has 1 fully saturated rings. The molecule has 0 heterocycles. The number of nitriles is 1. The molecule has 60 valence electrons. The van der Waals surface area contributed by atoms with Gasteiger partial charge in [0.05, 0.1) is 19.2 Å². The first kappa shape index (κ1) is 8.02. The molecule has 11 heavy (non-hydrogen) atoms. The molecule has 0 bridgehead atoms. The van der Waals surface area contributed by atoms with Crippen LogP contribution >= 0.6 is 0 Å². The van der Waals surface area contributed by atoms with Crippen molar-refractivity contribution in [1.82, 2.24) is 10.6 Å². The highest BCUT2D eigenvalue weighted by Crippen LogP contribution is 2.17. The van der Waals surface area contributed by atoms with E-state index in [0.29, 0.717) is 6.04 Å². The van der Waals surface area contributed by atoms with Crippen LogP contribution in [0.4, 0.5) is 0 Å². The Balaban J connectivity index is 1.97. The van der Waals surface area contributed by atoms with Crippen LogP contribution in [-0.4, -0.2) is 25.0 Å². The zero-order valence-electron chi connectivity index (χ0n) is 6.26. The van der Waals surface area contributed by atoms with Gasteiger partial charge in [-0.05, 0) is 12.8 Å². The van der Waals surface area contributed by atoms with E-state index in [9.17, 15) is 4.79 Å². The van der Waals surface area contributed by atoms with Crippen LogP contribution in [0.2, 0.25) is 0 Å². The summed E-state index contributed by atoms with van der Waals surface area (Å²) in [6.45, 7) is 0.488. The first-order chi connectivity index (χ1) is 5.33. The summed E-state index contributed by atoms with van der Waals surface area (Å²) in [7, 11) is 0. The Hall–Kier alpha value is -1.08. The second-order valence-electron chi connectivity index (χ2n) is 2.60. The highest BCUT2D eigenvalue weighted by molar-refractivity contribution is 5.78. The molecule has 1 rings (SSSR count). The van der Waals surface area contributed by atoms with Crippen LogP contribution in [0.25, 0.3) is 0 Å². The lowest BCUT2D eigenvalue weighted by molar-refractivity contribution is -0.120. The van der Waals surface area contributed by atoms with Gasteiger partial charge in [-0.2, -0.15) is 5.26 Å². The van der Waals surface area contributed by atoms with Gasteiger partial charge in [0.1, 0.15) is 0 Å². The number of carbonyl (C=O) groups is 1. The van der Waals surface area contributed by atoms with Crippen molar-refractivity contribution in [2.45, 2.75) is 18.9 Å². The minimum Gasteiger partial charge on any atom is -0.352 e. The van der Waals surface area contributed by atoms with Crippen LogP contribution in [0, 0.1) is 11.3 Å². The molecule has 0 radical (unpaired) electrons. The maximum absolute atomic E-state index is 10.9. The van der Waals surface area contributed by atoms with Gasteiger partial charge < -0.3 is 5.32 Å². The molecule has 4 nitrogen and oxygen atoms in total. The predicted octanol–water partition coefficient (Wildman–Crippen LogP) is -0.622. The third kappa shape index (κ3) is 3.58. The molecule has 0 saturated heterocycles. The van der Waals surface area contributed by atoms with Gasteiger partial charge in [0.2, 0.25) is 5.91 Å². The van der Waals surface area contributed by atoms with Gasteiger partial charge in [-0.3, -0.25) is 10.1 Å². The Kier molecular flexibility index (Phi) is 2.87. The second kappa shape index (κ2) is 3.94. The predicted molar refractivity (Wildman–Crippen MR) is 39.6 cm³/mol. The third-order valence-electron chi connectivity index (χ3n) is 1.43. The Morgan fingerprint density at radius 1 is 1.64 bits per heavy atom. The highest BCUT2D eigenvalue weighted by atomic mass is 16.2. The van der Waals surface area contributed by atoms with E-state index in [1.54, 1.807) is 0 Å². The minimum absolute atomic E-state index is 0.0113. The highest BCUT2D eigenvalue weighted by Gasteiger charge is 2.22. The molecular formula is C7H11N3O. The fourth-order valence-corrected chi connectivity index (χ4v) is 0.738. The number of nitrogens with zero attached hydrogens (tertiary/aromatic N) is 1. The molecular weight excluding hydrogens is 142 g/mol. The van der Waals surface area contributed by atoms with E-state index in [0.717, 1.165) is 12.8 Å². The standard InChI is InChI=1S/C7H11N3O/c8-3-4-9-5-7(11)10-6-1-2-6/h6,9H,1-2,4-5H2,(H,10,11). The second-order valence-corrected chi connectivity index (χ2v) is 2.60. The largest absolute Gasteiger partial charge is 0.352 e. The summed E-state index contributed by atoms with van der Waals surface area (Å²) in [5.74, 6) is -0.0113. The van der Waals surface area contributed by atoms with Crippen molar-refractivity contribution in [3.8, 4) is 6.07 Å². The van der Waals surface area contributed by atoms with Crippen molar-refractivity contribution in [2.24, 2.45) is 0 Å². The van der Waals surface area contributed by atoms with E-state index in [2.05, 4.69) is 10.6 Å². The Morgan fingerprint density at radius 2 is 2.36 bits per heavy atom. The van der Waals surface area contributed by atoms with E-state index >= 15 is 0 Å². The number of amides is 1. The van der Waals surface area contributed by atoms with E-state index < -0.39 is 0 Å². The number of hydrogen-bond acceptors (Lipinski definition) is 3. The van der Waals surface area contributed by atoms with Crippen molar-refractivity contribution in [1.29, 1.82) is 5.26 Å². The minimum atomic E-state index is -0.0113. The Bertz CT molecular complexity index is 181. The molecule has 0 aromatic rings. The van der Waals surface area contributed by atoms with Gasteiger partial charge in [-0.15, -0.1) is 0 Å². The topological polar surface area (TPSA) is 64.9 Å². The fourth-order valence-electron chi connectivity index (χ4n) is 0.738. The van der Waals surface area contributed by atoms with Crippen molar-refractivity contribution >= 4 is 5.91 Å². The molecule has 0 atom stereocenters. The molecule has 1 aliphatic carbocycles. The Labute approximate surface area is 65.6 Å². The summed E-state index contributed by atoms with van der Waals surface area (Å²) in [6.07, 6.45) is 2.20. The summed E-state index contributed by atoms with van der Waals surface area (Å²) in [6, 6.07) is 2.31. The average molecular weight is 153 g/mol. The van der Waals surface area contributed by atoms with Gasteiger partial charge in [-0.25, -0.2) is 0 Å². The normalized spacial score (nSPS) is 15.5. The van der Waals surface area contributed by atoms with E-state index in [-0.39, 0.29) is 19.0 Å². The number of hydrogen-bond donors (Lipinski definition) is 2. The number of nitrogens with one attached hydrogen (secondary N) is 2. The number of rotatable bonds is 4. The van der Waals surface area contributed by atoms with E-state index in [1.165, 1.54) is 0 Å². The van der Waals surface area contributed by atoms with Gasteiger partial charge in [-0.1, -0.05) is 0 Å². The van der Waals surface area contributed by atoms with Crippen molar-refractivity contribution < 1.29 is 4.79 Å². The van der Waals surface area contributed by atoms with Crippen LogP contribution < -0.4 is 10.6 Å². The summed E-state index contributed by atoms with van der Waals surface area (Å²) >= 11 is 0. The maximum atomic E-state index is 10.9. The smallest absolute Gasteiger partial charge is 0.234 e. The van der Waals surface area contributed by atoms with E-state index in [4.69, 9.17) is 5.26 Å². The number of carbonyl (C=O) groups excluding carboxylic acids is 1. The zero-order chi connectivity index (χ0) is 8.10. The molecule has 0 spiro atoms. The monoisotopic (exact) mass is 153 g/mol. The summed E-state index contributed by atoms with van der Waals surface area (Å²) < 4.78 is 0. The molecule has 1 saturated carbocycles. The zero-order valence-corrected chi connectivity index (χ0v) is 6.26. The molecule has 0 aromatic carbocycles. The first-order valence-corrected chi connectivity index (χ1v) is 3.70. The van der Waals surface area contributed by atoms with Crippen LogP contribution in [0.1, 0.15) is 12.8 Å². The van der Waals surface area contributed by atoms with Gasteiger partial charge in [0, 0.05) is 6.04 Å². The molecule has 2 N–H and O–H groups in total. The van der Waals surface area contributed by atoms with Crippen LogP contribution in [0.3, 0.4) is 0 Å². The van der Waals surface area contributed by atoms with Crippen LogP contribution in [0.5, 0.6) is 0 Å². The summed E-state index contributed by atoms with van der Waals surface area (Å²) in [5, 5.41) is 13.6. The molecule has 0 aliphatic heterocycles. The van der Waals surface area contributed by atoms with Crippen LogP contribution in [0.15, 0.2) is 0 Å². The van der Waals surface area contributed by atoms with Crippen LogP contribution in [-0.2, 0) is 4.79 Å². The lowest BCUT2D eigenvalue weighted by Gasteiger charge is -2.01. The summed E-state index contributed by atoms with van der Waals surface area (Å²) in [5.41, 5.74) is 0. The van der Waals surface area contributed by atoms with Crippen molar-refractivity contribution in [3.63, 3.8) is 0 Å². The summed E-state index contributed by atoms with van der Waals surface area (Å²) in [4.78, 5) is 10.9. The molecule has 1 amide bonds. The van der Waals surface area contributed by atoms with Gasteiger partial charge in [0.25, 0.3) is 0 Å². The molecule has 0 aromatic heterocycles. The average Bonchev–Trinajstić information content (AvgIpc) is 2.72. The SMILES string of the molecule is N#CCNCC(=O)NC1CC1. The van der Waals surface area contributed by atoms with Gasteiger partial charge in [0.15, 0.2) is 0 Å². The van der Waals surface area contributed by atoms with Gasteiger partial charge >= 0.3 is 0 Å². The molecule has 1 aliphatic rings. The molecule has 0 unspecified atom stereocenters. The van der Waals surface area contributed by atoms with Crippen molar-refractivity contribution in [3.05, 3.63) is 0 Å². The molecule has 4 heteroatoms. The van der Waals surface area contributed by atoms with E-state index in [1.807, 2.05) is 6.07 Å². The lowest BCUT2D eigenvalue weighted by atomic mass is 10.5. The first-order valence-electron chi connectivity index (χ1n) is 3.70. The maximum Gasteiger partial charge on any atom is 0.234 e. The third-order valence-corrected chi connectivity index (χ3v) is 1.43. The lowest BCUT2D eigenvalue weighted by Crippen LogP contribution is -2.35.